The maximum atomic E-state index is 6.91. The van der Waals surface area contributed by atoms with E-state index in [9.17, 15) is 0 Å². The summed E-state index contributed by atoms with van der Waals surface area (Å²) >= 11 is 0. The number of ether oxygens (including phenoxy) is 4. The molecule has 1 heterocycles. The molecule has 0 N–H and O–H groups in total. The van der Waals surface area contributed by atoms with Gasteiger partial charge in [-0.25, -0.2) is 0 Å². The molecule has 6 aliphatic rings. The van der Waals surface area contributed by atoms with Crippen LogP contribution >= 0.6 is 0 Å². The van der Waals surface area contributed by atoms with E-state index in [0.29, 0.717) is 47.4 Å². The number of benzene rings is 1. The fraction of sp³-hybridized carbons (Fsp3) is 0.810. The Morgan fingerprint density at radius 1 is 0.761 bits per heavy atom. The van der Waals surface area contributed by atoms with Crippen molar-refractivity contribution in [1.29, 1.82) is 0 Å². The maximum absolute atomic E-state index is 6.91. The van der Waals surface area contributed by atoms with Gasteiger partial charge < -0.3 is 18.9 Å². The van der Waals surface area contributed by atoms with Crippen molar-refractivity contribution < 1.29 is 18.9 Å². The Morgan fingerprint density at radius 3 is 2.28 bits per heavy atom. The van der Waals surface area contributed by atoms with Crippen LogP contribution in [0.5, 0.6) is 5.75 Å². The minimum atomic E-state index is -0.461. The molecule has 0 bridgehead atoms. The van der Waals surface area contributed by atoms with Crippen molar-refractivity contribution in [1.82, 2.24) is 0 Å². The van der Waals surface area contributed by atoms with Crippen molar-refractivity contribution in [2.45, 2.75) is 145 Å². The first kappa shape index (κ1) is 33.2. The van der Waals surface area contributed by atoms with Gasteiger partial charge in [-0.1, -0.05) is 78.3 Å². The monoisotopic (exact) mass is 632 g/mol. The number of para-hydroxylation sites is 1. The van der Waals surface area contributed by atoms with Crippen LogP contribution in [0.25, 0.3) is 0 Å². The lowest BCUT2D eigenvalue weighted by atomic mass is 9.33. The van der Waals surface area contributed by atoms with Gasteiger partial charge in [0.1, 0.15) is 5.75 Å². The Balaban J connectivity index is 1.12. The highest BCUT2D eigenvalue weighted by Crippen LogP contribution is 2.76. The molecule has 0 amide bonds. The zero-order valence-corrected chi connectivity index (χ0v) is 30.7. The summed E-state index contributed by atoms with van der Waals surface area (Å²) in [5.41, 5.74) is 3.26. The van der Waals surface area contributed by atoms with Gasteiger partial charge in [0.15, 0.2) is 5.79 Å². The molecule has 0 spiro atoms. The summed E-state index contributed by atoms with van der Waals surface area (Å²) in [6.07, 6.45) is 15.7. The molecule has 4 saturated carbocycles. The van der Waals surface area contributed by atoms with Gasteiger partial charge in [-0.2, -0.15) is 0 Å². The Labute approximate surface area is 280 Å². The second-order valence-corrected chi connectivity index (χ2v) is 19.1. The highest BCUT2D eigenvalue weighted by molar-refractivity contribution is 5.34. The van der Waals surface area contributed by atoms with Gasteiger partial charge in [0, 0.05) is 17.3 Å². The third-order valence-electron chi connectivity index (χ3n) is 15.6. The largest absolute Gasteiger partial charge is 0.494 e. The SMILES string of the molecule is CC1(C)C[C@@H]2C3=CC[C@@H]4[C@@]5(C)CCC6OC(C)(C)OCC6(C)C5CC[C@@]4(C)[C@]3(C)CC[C@@]2(C)[C@H](OCCCOc2ccccc2)C1. The van der Waals surface area contributed by atoms with Crippen LogP contribution in [-0.4, -0.2) is 37.8 Å². The Bertz CT molecular complexity index is 1320. The summed E-state index contributed by atoms with van der Waals surface area (Å²) < 4.78 is 26.0. The third-order valence-corrected chi connectivity index (χ3v) is 15.6. The number of fused-ring (bicyclic) bond motifs is 9. The second-order valence-electron chi connectivity index (χ2n) is 19.1. The molecule has 5 fully saturated rings. The molecule has 10 atom stereocenters. The van der Waals surface area contributed by atoms with Gasteiger partial charge in [0.25, 0.3) is 0 Å². The molecule has 46 heavy (non-hydrogen) atoms. The van der Waals surface area contributed by atoms with Crippen LogP contribution in [-0.2, 0) is 14.2 Å². The molecule has 0 aromatic heterocycles. The summed E-state index contributed by atoms with van der Waals surface area (Å²) in [6.45, 7) is 24.8. The van der Waals surface area contributed by atoms with E-state index in [1.54, 1.807) is 0 Å². The van der Waals surface area contributed by atoms with Crippen LogP contribution in [0.2, 0.25) is 0 Å². The van der Waals surface area contributed by atoms with Crippen molar-refractivity contribution in [3.05, 3.63) is 42.0 Å². The summed E-state index contributed by atoms with van der Waals surface area (Å²) in [5, 5.41) is 0. The third kappa shape index (κ3) is 5.00. The van der Waals surface area contributed by atoms with Crippen molar-refractivity contribution in [3.8, 4) is 5.75 Å². The van der Waals surface area contributed by atoms with Gasteiger partial charge in [-0.15, -0.1) is 0 Å². The average Bonchev–Trinajstić information content (AvgIpc) is 2.99. The van der Waals surface area contributed by atoms with Crippen molar-refractivity contribution in [2.24, 2.45) is 50.2 Å². The number of hydrogen-bond donors (Lipinski definition) is 0. The van der Waals surface area contributed by atoms with Crippen LogP contribution in [0, 0.1) is 50.2 Å². The molecular formula is C42H64O4. The quantitative estimate of drug-likeness (QED) is 0.231. The average molecular weight is 633 g/mol. The van der Waals surface area contributed by atoms with Crippen molar-refractivity contribution in [2.75, 3.05) is 19.8 Å². The summed E-state index contributed by atoms with van der Waals surface area (Å²) in [7, 11) is 0. The lowest BCUT2D eigenvalue weighted by Crippen LogP contribution is -2.68. The van der Waals surface area contributed by atoms with Crippen molar-refractivity contribution in [3.63, 3.8) is 0 Å². The van der Waals surface area contributed by atoms with Crippen LogP contribution in [0.3, 0.4) is 0 Å². The van der Waals surface area contributed by atoms with E-state index in [-0.39, 0.29) is 21.7 Å². The lowest BCUT2D eigenvalue weighted by molar-refractivity contribution is -0.351. The standard InChI is InChI=1S/C42H64O4/c1-36(2)26-31-30-16-17-33-39(6)20-19-34-40(7,28-45-37(3,4)46-34)32(39)18-21-42(33,9)41(30,8)23-22-38(31,5)35(27-36)44-25-13-24-43-29-14-11-10-12-15-29/h10-12,14-16,31-35H,13,17-28H2,1-9H3/t31-,32?,33-,34?,35-,38-,39+,40?,41-,42-/m1/s1. The van der Waals surface area contributed by atoms with Crippen LogP contribution in [0.15, 0.2) is 42.0 Å². The predicted molar refractivity (Wildman–Crippen MR) is 186 cm³/mol. The maximum Gasteiger partial charge on any atom is 0.163 e. The Hall–Kier alpha value is -1.36. The number of allylic oxidation sites excluding steroid dienone is 2. The van der Waals surface area contributed by atoms with Crippen LogP contribution in [0.1, 0.15) is 127 Å². The molecule has 4 nitrogen and oxygen atoms in total. The minimum Gasteiger partial charge on any atom is -0.494 e. The fourth-order valence-electron chi connectivity index (χ4n) is 12.8. The van der Waals surface area contributed by atoms with E-state index < -0.39 is 5.79 Å². The molecule has 5 aliphatic carbocycles. The van der Waals surface area contributed by atoms with E-state index in [4.69, 9.17) is 18.9 Å². The number of hydrogen-bond acceptors (Lipinski definition) is 4. The summed E-state index contributed by atoms with van der Waals surface area (Å²) in [6, 6.07) is 10.2. The molecule has 1 aliphatic heterocycles. The predicted octanol–water partition coefficient (Wildman–Crippen LogP) is 10.4. The smallest absolute Gasteiger partial charge is 0.163 e. The topological polar surface area (TPSA) is 36.9 Å². The number of rotatable bonds is 6. The first-order valence-electron chi connectivity index (χ1n) is 18.9. The van der Waals surface area contributed by atoms with Gasteiger partial charge in [-0.05, 0) is 123 Å². The van der Waals surface area contributed by atoms with Crippen LogP contribution in [0.4, 0.5) is 0 Å². The van der Waals surface area contributed by atoms with E-state index in [0.717, 1.165) is 31.8 Å². The first-order chi connectivity index (χ1) is 21.6. The molecule has 3 unspecified atom stereocenters. The molecule has 1 saturated heterocycles. The van der Waals surface area contributed by atoms with E-state index in [1.807, 2.05) is 35.9 Å². The zero-order valence-electron chi connectivity index (χ0n) is 30.7. The van der Waals surface area contributed by atoms with Gasteiger partial charge in [0.2, 0.25) is 0 Å². The summed E-state index contributed by atoms with van der Waals surface area (Å²) in [5.74, 6) is 2.44. The highest BCUT2D eigenvalue weighted by atomic mass is 16.7. The molecule has 1 aromatic rings. The van der Waals surface area contributed by atoms with E-state index in [2.05, 4.69) is 68.4 Å². The molecular weight excluding hydrogens is 568 g/mol. The molecule has 0 radical (unpaired) electrons. The van der Waals surface area contributed by atoms with Gasteiger partial charge in [-0.3, -0.25) is 0 Å². The highest BCUT2D eigenvalue weighted by Gasteiger charge is 2.70. The Morgan fingerprint density at radius 2 is 1.52 bits per heavy atom. The van der Waals surface area contributed by atoms with Gasteiger partial charge in [0.05, 0.1) is 32.0 Å². The van der Waals surface area contributed by atoms with Crippen LogP contribution < -0.4 is 4.74 Å². The van der Waals surface area contributed by atoms with Gasteiger partial charge >= 0.3 is 0 Å². The second kappa shape index (κ2) is 11.1. The Kier molecular flexibility index (Phi) is 7.98. The molecule has 7 rings (SSSR count). The first-order valence-corrected chi connectivity index (χ1v) is 18.9. The molecule has 4 heteroatoms. The fourth-order valence-corrected chi connectivity index (χ4v) is 12.8. The van der Waals surface area contributed by atoms with Crippen molar-refractivity contribution >= 4 is 0 Å². The minimum absolute atomic E-state index is 0.101. The normalized spacial score (nSPS) is 47.2. The molecule has 256 valence electrons. The zero-order chi connectivity index (χ0) is 32.8. The molecule has 1 aromatic carbocycles. The van der Waals surface area contributed by atoms with E-state index in [1.165, 1.54) is 51.4 Å². The summed E-state index contributed by atoms with van der Waals surface area (Å²) in [4.78, 5) is 0. The lowest BCUT2D eigenvalue weighted by Gasteiger charge is -2.72. The van der Waals surface area contributed by atoms with E-state index >= 15 is 0 Å².